The summed E-state index contributed by atoms with van der Waals surface area (Å²) >= 11 is 0. The lowest BCUT2D eigenvalue weighted by Gasteiger charge is -2.25. The van der Waals surface area contributed by atoms with Gasteiger partial charge in [-0.2, -0.15) is 0 Å². The third-order valence-electron chi connectivity index (χ3n) is 2.84. The largest absolute Gasteiger partial charge is 0.466 e. The maximum absolute atomic E-state index is 11.7. The van der Waals surface area contributed by atoms with Gasteiger partial charge < -0.3 is 19.7 Å². The zero-order valence-electron chi connectivity index (χ0n) is 9.85. The van der Waals surface area contributed by atoms with Crippen molar-refractivity contribution in [2.24, 2.45) is 5.41 Å². The van der Waals surface area contributed by atoms with Gasteiger partial charge in [0.1, 0.15) is 11.5 Å². The standard InChI is InChI=1S/C11H18O6.CH4/c1-11(6-12,7-13)10(15)17-8-2-3-9(14)16-5-4-8;/h8,12-13H,2-7H2,1H3;1H4. The molecule has 18 heavy (non-hydrogen) atoms. The van der Waals surface area contributed by atoms with Crippen LogP contribution in [0.2, 0.25) is 0 Å². The smallest absolute Gasteiger partial charge is 0.316 e. The van der Waals surface area contributed by atoms with Gasteiger partial charge in [0.05, 0.1) is 19.8 Å². The molecule has 0 aromatic heterocycles. The minimum absolute atomic E-state index is 0. The Morgan fingerprint density at radius 2 is 2.06 bits per heavy atom. The van der Waals surface area contributed by atoms with Crippen LogP contribution in [0.15, 0.2) is 0 Å². The zero-order chi connectivity index (χ0) is 12.9. The van der Waals surface area contributed by atoms with Crippen molar-refractivity contribution < 1.29 is 29.3 Å². The minimum atomic E-state index is -1.29. The fraction of sp³-hybridized carbons (Fsp3) is 0.833. The molecule has 0 aromatic carbocycles. The summed E-state index contributed by atoms with van der Waals surface area (Å²) in [5, 5.41) is 18.1. The number of ether oxygens (including phenoxy) is 2. The van der Waals surface area contributed by atoms with E-state index >= 15 is 0 Å². The van der Waals surface area contributed by atoms with Crippen molar-refractivity contribution in [1.29, 1.82) is 0 Å². The first-order valence-corrected chi connectivity index (χ1v) is 5.60. The first-order valence-electron chi connectivity index (χ1n) is 5.60. The van der Waals surface area contributed by atoms with Gasteiger partial charge in [-0.05, 0) is 13.3 Å². The molecule has 0 bridgehead atoms. The highest BCUT2D eigenvalue weighted by molar-refractivity contribution is 5.77. The van der Waals surface area contributed by atoms with E-state index in [9.17, 15) is 9.59 Å². The van der Waals surface area contributed by atoms with Gasteiger partial charge in [-0.3, -0.25) is 9.59 Å². The van der Waals surface area contributed by atoms with Crippen LogP contribution in [0.25, 0.3) is 0 Å². The SMILES string of the molecule is C.CC(CO)(CO)C(=O)OC1CCOC(=O)CC1. The van der Waals surface area contributed by atoms with E-state index in [1.807, 2.05) is 0 Å². The van der Waals surface area contributed by atoms with E-state index in [0.29, 0.717) is 12.8 Å². The highest BCUT2D eigenvalue weighted by atomic mass is 16.6. The van der Waals surface area contributed by atoms with E-state index < -0.39 is 30.7 Å². The van der Waals surface area contributed by atoms with Crippen molar-refractivity contribution in [2.45, 2.75) is 39.7 Å². The van der Waals surface area contributed by atoms with Crippen LogP contribution in [0.5, 0.6) is 0 Å². The van der Waals surface area contributed by atoms with Crippen LogP contribution in [0, 0.1) is 5.41 Å². The van der Waals surface area contributed by atoms with Crippen LogP contribution in [0.1, 0.15) is 33.6 Å². The molecule has 1 fully saturated rings. The number of rotatable bonds is 4. The number of carbonyl (C=O) groups is 2. The lowest BCUT2D eigenvalue weighted by atomic mass is 9.93. The molecule has 0 radical (unpaired) electrons. The Bertz CT molecular complexity index is 284. The molecular formula is C12H22O6. The summed E-state index contributed by atoms with van der Waals surface area (Å²) in [6.07, 6.45) is 0.681. The van der Waals surface area contributed by atoms with Gasteiger partial charge in [0.25, 0.3) is 0 Å². The summed E-state index contributed by atoms with van der Waals surface area (Å²) in [6.45, 7) is 0.689. The van der Waals surface area contributed by atoms with Crippen molar-refractivity contribution in [3.8, 4) is 0 Å². The summed E-state index contributed by atoms with van der Waals surface area (Å²) in [6, 6.07) is 0. The van der Waals surface area contributed by atoms with Crippen LogP contribution in [0.3, 0.4) is 0 Å². The highest BCUT2D eigenvalue weighted by Gasteiger charge is 2.35. The predicted molar refractivity (Wildman–Crippen MR) is 63.7 cm³/mol. The summed E-state index contributed by atoms with van der Waals surface area (Å²) in [4.78, 5) is 22.7. The van der Waals surface area contributed by atoms with Gasteiger partial charge in [0.2, 0.25) is 0 Å². The molecule has 0 saturated carbocycles. The van der Waals surface area contributed by atoms with E-state index in [0.717, 1.165) is 0 Å². The number of hydrogen-bond acceptors (Lipinski definition) is 6. The van der Waals surface area contributed by atoms with E-state index in [1.165, 1.54) is 6.92 Å². The number of esters is 2. The molecule has 1 unspecified atom stereocenters. The molecule has 1 heterocycles. The maximum atomic E-state index is 11.7. The minimum Gasteiger partial charge on any atom is -0.466 e. The predicted octanol–water partition coefficient (Wildman–Crippen LogP) is 0.252. The fourth-order valence-corrected chi connectivity index (χ4v) is 1.39. The molecule has 1 rings (SSSR count). The lowest BCUT2D eigenvalue weighted by Crippen LogP contribution is -2.39. The van der Waals surface area contributed by atoms with E-state index in [4.69, 9.17) is 19.7 Å². The molecule has 2 N–H and O–H groups in total. The van der Waals surface area contributed by atoms with Crippen molar-refractivity contribution in [2.75, 3.05) is 19.8 Å². The number of carbonyl (C=O) groups excluding carboxylic acids is 2. The molecule has 0 amide bonds. The maximum Gasteiger partial charge on any atom is 0.316 e. The van der Waals surface area contributed by atoms with Crippen LogP contribution in [-0.2, 0) is 19.1 Å². The molecule has 1 saturated heterocycles. The van der Waals surface area contributed by atoms with Gasteiger partial charge in [-0.15, -0.1) is 0 Å². The monoisotopic (exact) mass is 262 g/mol. The summed E-state index contributed by atoms with van der Waals surface area (Å²) in [7, 11) is 0. The second-order valence-corrected chi connectivity index (χ2v) is 4.45. The quantitative estimate of drug-likeness (QED) is 0.706. The van der Waals surface area contributed by atoms with Crippen molar-refractivity contribution in [3.05, 3.63) is 0 Å². The Labute approximate surface area is 107 Å². The third kappa shape index (κ3) is 4.27. The Balaban J connectivity index is 0.00000289. The lowest BCUT2D eigenvalue weighted by molar-refractivity contribution is -0.166. The molecule has 0 spiro atoms. The topological polar surface area (TPSA) is 93.1 Å². The van der Waals surface area contributed by atoms with Crippen molar-refractivity contribution >= 4 is 11.9 Å². The second kappa shape index (κ2) is 7.33. The Hall–Kier alpha value is -1.14. The van der Waals surface area contributed by atoms with Gasteiger partial charge in [-0.25, -0.2) is 0 Å². The van der Waals surface area contributed by atoms with E-state index in [1.54, 1.807) is 0 Å². The summed E-state index contributed by atoms with van der Waals surface area (Å²) in [5.41, 5.74) is -1.29. The molecular weight excluding hydrogens is 240 g/mol. The van der Waals surface area contributed by atoms with Crippen LogP contribution >= 0.6 is 0 Å². The average Bonchev–Trinajstić information content (AvgIpc) is 2.53. The summed E-state index contributed by atoms with van der Waals surface area (Å²) in [5.74, 6) is -0.947. The van der Waals surface area contributed by atoms with Crippen LogP contribution in [-0.4, -0.2) is 48.1 Å². The molecule has 1 atom stereocenters. The molecule has 1 aliphatic heterocycles. The van der Waals surface area contributed by atoms with Gasteiger partial charge >= 0.3 is 11.9 Å². The first-order chi connectivity index (χ1) is 8.01. The molecule has 6 heteroatoms. The van der Waals surface area contributed by atoms with Gasteiger partial charge in [-0.1, -0.05) is 7.43 Å². The first kappa shape index (κ1) is 16.9. The summed E-state index contributed by atoms with van der Waals surface area (Å²) < 4.78 is 10.00. The molecule has 106 valence electrons. The average molecular weight is 262 g/mol. The third-order valence-corrected chi connectivity index (χ3v) is 2.84. The Morgan fingerprint density at radius 3 is 2.61 bits per heavy atom. The highest BCUT2D eigenvalue weighted by Crippen LogP contribution is 2.21. The number of cyclic esters (lactones) is 1. The molecule has 0 aromatic rings. The van der Waals surface area contributed by atoms with Gasteiger partial charge in [0, 0.05) is 12.8 Å². The van der Waals surface area contributed by atoms with E-state index in [-0.39, 0.29) is 26.4 Å². The molecule has 1 aliphatic rings. The molecule has 0 aliphatic carbocycles. The van der Waals surface area contributed by atoms with Crippen LogP contribution in [0.4, 0.5) is 0 Å². The fourth-order valence-electron chi connectivity index (χ4n) is 1.39. The molecule has 6 nitrogen and oxygen atoms in total. The number of aliphatic hydroxyl groups excluding tert-OH is 2. The van der Waals surface area contributed by atoms with Gasteiger partial charge in [0.15, 0.2) is 0 Å². The van der Waals surface area contributed by atoms with Crippen molar-refractivity contribution in [3.63, 3.8) is 0 Å². The number of hydrogen-bond donors (Lipinski definition) is 2. The second-order valence-electron chi connectivity index (χ2n) is 4.45. The van der Waals surface area contributed by atoms with Crippen molar-refractivity contribution in [1.82, 2.24) is 0 Å². The zero-order valence-corrected chi connectivity index (χ0v) is 9.85. The normalized spacial score (nSPS) is 20.4. The van der Waals surface area contributed by atoms with Crippen LogP contribution < -0.4 is 0 Å². The Kier molecular flexibility index (Phi) is 6.86. The Morgan fingerprint density at radius 1 is 1.44 bits per heavy atom. The number of aliphatic hydroxyl groups is 2. The van der Waals surface area contributed by atoms with E-state index in [2.05, 4.69) is 0 Å².